The van der Waals surface area contributed by atoms with Crippen molar-refractivity contribution in [1.82, 2.24) is 15.2 Å². The van der Waals surface area contributed by atoms with Crippen molar-refractivity contribution in [2.75, 3.05) is 5.32 Å². The van der Waals surface area contributed by atoms with Crippen molar-refractivity contribution in [3.63, 3.8) is 0 Å². The van der Waals surface area contributed by atoms with E-state index in [-0.39, 0.29) is 0 Å². The van der Waals surface area contributed by atoms with Gasteiger partial charge in [0.25, 0.3) is 0 Å². The molecule has 0 saturated heterocycles. The normalized spacial score (nSPS) is 14.9. The number of nitrogens with zero attached hydrogens (tertiary/aromatic N) is 2. The molecule has 0 aliphatic heterocycles. The third-order valence-corrected chi connectivity index (χ3v) is 3.37. The van der Waals surface area contributed by atoms with Crippen LogP contribution in [0.4, 0.5) is 11.6 Å². The van der Waals surface area contributed by atoms with Crippen molar-refractivity contribution in [2.45, 2.75) is 25.7 Å². The van der Waals surface area contributed by atoms with E-state index in [0.29, 0.717) is 5.92 Å². The molecule has 4 nitrogen and oxygen atoms in total. The molecule has 88 valence electrons. The average molecular weight is 293 g/mol. The monoisotopic (exact) mass is 292 g/mol. The van der Waals surface area contributed by atoms with Crippen LogP contribution in [0.1, 0.15) is 30.0 Å². The zero-order valence-corrected chi connectivity index (χ0v) is 11.1. The van der Waals surface area contributed by atoms with Gasteiger partial charge < -0.3 is 5.32 Å². The van der Waals surface area contributed by atoms with Gasteiger partial charge in [-0.1, -0.05) is 6.07 Å². The number of hydrogen-bond acceptors (Lipinski definition) is 3. The van der Waals surface area contributed by atoms with Crippen LogP contribution >= 0.6 is 15.9 Å². The number of aromatic amines is 1. The fourth-order valence-electron chi connectivity index (χ4n) is 1.76. The van der Waals surface area contributed by atoms with E-state index in [4.69, 9.17) is 0 Å². The molecule has 2 heterocycles. The van der Waals surface area contributed by atoms with Crippen LogP contribution in [0.25, 0.3) is 0 Å². The van der Waals surface area contributed by atoms with Gasteiger partial charge >= 0.3 is 0 Å². The zero-order valence-electron chi connectivity index (χ0n) is 9.50. The van der Waals surface area contributed by atoms with Gasteiger partial charge in [0.15, 0.2) is 5.82 Å². The Bertz CT molecular complexity index is 545. The summed E-state index contributed by atoms with van der Waals surface area (Å²) in [4.78, 5) is 4.39. The second-order valence-corrected chi connectivity index (χ2v) is 5.22. The molecule has 2 aromatic heterocycles. The summed E-state index contributed by atoms with van der Waals surface area (Å²) >= 11 is 3.37. The first kappa shape index (κ1) is 10.8. The van der Waals surface area contributed by atoms with Gasteiger partial charge in [0.05, 0.1) is 0 Å². The number of pyridine rings is 1. The van der Waals surface area contributed by atoms with Crippen LogP contribution in [0.3, 0.4) is 0 Å². The number of nitrogens with one attached hydrogen (secondary N) is 2. The van der Waals surface area contributed by atoms with Crippen LogP contribution < -0.4 is 5.32 Å². The highest BCUT2D eigenvalue weighted by atomic mass is 79.9. The highest BCUT2D eigenvalue weighted by molar-refractivity contribution is 9.10. The lowest BCUT2D eigenvalue weighted by Crippen LogP contribution is -1.96. The molecule has 1 fully saturated rings. The third kappa shape index (κ3) is 2.34. The quantitative estimate of drug-likeness (QED) is 0.852. The topological polar surface area (TPSA) is 53.6 Å². The SMILES string of the molecule is Cc1ccc(Br)nc1Nc1cc(C2CC2)[nH]n1. The van der Waals surface area contributed by atoms with Gasteiger partial charge in [-0.3, -0.25) is 5.10 Å². The number of hydrogen-bond donors (Lipinski definition) is 2. The summed E-state index contributed by atoms with van der Waals surface area (Å²) in [5, 5.41) is 10.6. The number of aryl methyl sites for hydroxylation is 1. The molecule has 1 saturated carbocycles. The lowest BCUT2D eigenvalue weighted by molar-refractivity contribution is 0.966. The molecule has 0 atom stereocenters. The summed E-state index contributed by atoms with van der Waals surface area (Å²) in [6.45, 7) is 2.02. The summed E-state index contributed by atoms with van der Waals surface area (Å²) in [5.74, 6) is 2.36. The molecule has 0 spiro atoms. The van der Waals surface area contributed by atoms with E-state index in [0.717, 1.165) is 21.8 Å². The summed E-state index contributed by atoms with van der Waals surface area (Å²) in [6.07, 6.45) is 2.55. The second kappa shape index (κ2) is 4.14. The van der Waals surface area contributed by atoms with Gasteiger partial charge in [-0.25, -0.2) is 4.98 Å². The molecule has 17 heavy (non-hydrogen) atoms. The van der Waals surface area contributed by atoms with Gasteiger partial charge in [0.1, 0.15) is 10.4 Å². The van der Waals surface area contributed by atoms with Crippen LogP contribution in [0.15, 0.2) is 22.8 Å². The van der Waals surface area contributed by atoms with Crippen molar-refractivity contribution in [2.24, 2.45) is 0 Å². The Morgan fingerprint density at radius 3 is 3.00 bits per heavy atom. The third-order valence-electron chi connectivity index (χ3n) is 2.92. The highest BCUT2D eigenvalue weighted by Crippen LogP contribution is 2.39. The molecule has 0 unspecified atom stereocenters. The van der Waals surface area contributed by atoms with Crippen molar-refractivity contribution in [3.8, 4) is 0 Å². The second-order valence-electron chi connectivity index (χ2n) is 4.41. The molecule has 0 bridgehead atoms. The smallest absolute Gasteiger partial charge is 0.153 e. The van der Waals surface area contributed by atoms with Crippen LogP contribution in [0.5, 0.6) is 0 Å². The standard InChI is InChI=1S/C12H13BrN4/c1-7-2-5-10(13)14-12(7)15-11-6-9(16-17-11)8-3-4-8/h2,5-6,8H,3-4H2,1H3,(H2,14,15,16,17). The predicted octanol–water partition coefficient (Wildman–Crippen LogP) is 3.50. The minimum absolute atomic E-state index is 0.689. The van der Waals surface area contributed by atoms with Gasteiger partial charge in [0.2, 0.25) is 0 Å². The maximum absolute atomic E-state index is 4.39. The fraction of sp³-hybridized carbons (Fsp3) is 0.333. The molecule has 0 amide bonds. The van der Waals surface area contributed by atoms with Crippen molar-refractivity contribution in [1.29, 1.82) is 0 Å². The van der Waals surface area contributed by atoms with Gasteiger partial charge in [-0.05, 0) is 47.3 Å². The van der Waals surface area contributed by atoms with Crippen LogP contribution in [-0.4, -0.2) is 15.2 Å². The lowest BCUT2D eigenvalue weighted by Gasteiger charge is -2.05. The molecule has 1 aliphatic rings. The summed E-state index contributed by atoms with van der Waals surface area (Å²) in [6, 6.07) is 6.02. The lowest BCUT2D eigenvalue weighted by atomic mass is 10.3. The molecule has 0 aromatic carbocycles. The molecule has 2 N–H and O–H groups in total. The van der Waals surface area contributed by atoms with E-state index >= 15 is 0 Å². The maximum atomic E-state index is 4.39. The van der Waals surface area contributed by atoms with Crippen molar-refractivity contribution >= 4 is 27.6 Å². The minimum atomic E-state index is 0.689. The number of rotatable bonds is 3. The Hall–Kier alpha value is -1.36. The number of aromatic nitrogens is 3. The fourth-order valence-corrected chi connectivity index (χ4v) is 2.07. The molecule has 5 heteroatoms. The first-order chi connectivity index (χ1) is 8.22. The first-order valence-corrected chi connectivity index (χ1v) is 6.47. The van der Waals surface area contributed by atoms with E-state index in [9.17, 15) is 0 Å². The van der Waals surface area contributed by atoms with Gasteiger partial charge in [-0.15, -0.1) is 0 Å². The van der Waals surface area contributed by atoms with E-state index in [1.165, 1.54) is 18.5 Å². The average Bonchev–Trinajstić information content (AvgIpc) is 3.05. The number of anilines is 2. The molecule has 2 aromatic rings. The van der Waals surface area contributed by atoms with E-state index < -0.39 is 0 Å². The largest absolute Gasteiger partial charge is 0.323 e. The highest BCUT2D eigenvalue weighted by Gasteiger charge is 2.25. The van der Waals surface area contributed by atoms with Gasteiger partial charge in [-0.2, -0.15) is 5.10 Å². The molecular formula is C12H13BrN4. The molecule has 3 rings (SSSR count). The number of halogens is 1. The Kier molecular flexibility index (Phi) is 2.63. The van der Waals surface area contributed by atoms with Crippen LogP contribution in [0.2, 0.25) is 0 Å². The van der Waals surface area contributed by atoms with Crippen molar-refractivity contribution in [3.05, 3.63) is 34.1 Å². The summed E-state index contributed by atoms with van der Waals surface area (Å²) in [7, 11) is 0. The Balaban J connectivity index is 1.82. The Labute approximate surface area is 108 Å². The summed E-state index contributed by atoms with van der Waals surface area (Å²) in [5.41, 5.74) is 2.32. The summed E-state index contributed by atoms with van der Waals surface area (Å²) < 4.78 is 0.823. The Morgan fingerprint density at radius 1 is 1.41 bits per heavy atom. The molecule has 1 aliphatic carbocycles. The van der Waals surface area contributed by atoms with E-state index in [1.807, 2.05) is 19.1 Å². The predicted molar refractivity (Wildman–Crippen MR) is 70.5 cm³/mol. The van der Waals surface area contributed by atoms with Crippen molar-refractivity contribution < 1.29 is 0 Å². The first-order valence-electron chi connectivity index (χ1n) is 5.68. The van der Waals surface area contributed by atoms with Gasteiger partial charge in [0, 0.05) is 17.7 Å². The van der Waals surface area contributed by atoms with E-state index in [2.05, 4.69) is 42.5 Å². The minimum Gasteiger partial charge on any atom is -0.323 e. The molecular weight excluding hydrogens is 280 g/mol. The molecule has 0 radical (unpaired) electrons. The van der Waals surface area contributed by atoms with Crippen LogP contribution in [0, 0.1) is 6.92 Å². The zero-order chi connectivity index (χ0) is 11.8. The Morgan fingerprint density at radius 2 is 2.24 bits per heavy atom. The van der Waals surface area contributed by atoms with E-state index in [1.54, 1.807) is 0 Å². The van der Waals surface area contributed by atoms with Crippen LogP contribution in [-0.2, 0) is 0 Å². The maximum Gasteiger partial charge on any atom is 0.153 e. The number of H-pyrrole nitrogens is 1.